The minimum Gasteiger partial charge on any atom is -0.477 e. The third-order valence-corrected chi connectivity index (χ3v) is 5.24. The highest BCUT2D eigenvalue weighted by atomic mass is 32.2. The monoisotopic (exact) mass is 425 g/mol. The van der Waals surface area contributed by atoms with E-state index in [-0.39, 0.29) is 27.6 Å². The lowest BCUT2D eigenvalue weighted by Crippen LogP contribution is -2.06. The van der Waals surface area contributed by atoms with Crippen LogP contribution in [0.1, 0.15) is 10.5 Å². The van der Waals surface area contributed by atoms with Crippen molar-refractivity contribution in [3.05, 3.63) is 48.2 Å². The molecule has 0 bridgehead atoms. The van der Waals surface area contributed by atoms with Crippen molar-refractivity contribution in [1.29, 1.82) is 0 Å². The first-order valence-corrected chi connectivity index (χ1v) is 11.4. The summed E-state index contributed by atoms with van der Waals surface area (Å²) in [7, 11) is -7.24. The summed E-state index contributed by atoms with van der Waals surface area (Å²) in [6.45, 7) is 0. The number of carboxylic acid groups (broad SMARTS) is 1. The highest BCUT2D eigenvalue weighted by molar-refractivity contribution is 7.90. The van der Waals surface area contributed by atoms with Gasteiger partial charge >= 0.3 is 16.1 Å². The van der Waals surface area contributed by atoms with Crippen LogP contribution in [-0.2, 0) is 20.0 Å². The van der Waals surface area contributed by atoms with Crippen molar-refractivity contribution in [2.24, 2.45) is 0 Å². The van der Waals surface area contributed by atoms with Crippen molar-refractivity contribution in [3.63, 3.8) is 0 Å². The number of hydrogen-bond acceptors (Lipinski definition) is 7. The second kappa shape index (κ2) is 6.84. The molecule has 9 nitrogen and oxygen atoms in total. The lowest BCUT2D eigenvalue weighted by Gasteiger charge is -2.10. The number of benzene rings is 2. The van der Waals surface area contributed by atoms with E-state index in [1.54, 1.807) is 0 Å². The molecular weight excluding hydrogens is 410 g/mol. The quantitative estimate of drug-likeness (QED) is 0.574. The van der Waals surface area contributed by atoms with E-state index in [1.807, 2.05) is 0 Å². The number of aromatic carboxylic acids is 1. The van der Waals surface area contributed by atoms with Gasteiger partial charge in [-0.25, -0.2) is 13.2 Å². The molecule has 1 heterocycles. The van der Waals surface area contributed by atoms with Crippen molar-refractivity contribution in [1.82, 2.24) is 4.98 Å². The second-order valence-corrected chi connectivity index (χ2v) is 9.60. The maximum atomic E-state index is 11.5. The molecule has 0 fully saturated rings. The summed E-state index contributed by atoms with van der Waals surface area (Å²) in [5.74, 6) is -0.879. The Labute approximate surface area is 160 Å². The van der Waals surface area contributed by atoms with Crippen LogP contribution in [0.4, 0.5) is 0 Å². The topological polar surface area (TPSA) is 140 Å². The van der Waals surface area contributed by atoms with Crippen molar-refractivity contribution >= 4 is 36.8 Å². The van der Waals surface area contributed by atoms with Gasteiger partial charge in [-0.3, -0.25) is 0 Å². The number of rotatable bonds is 6. The van der Waals surface area contributed by atoms with Gasteiger partial charge in [0.1, 0.15) is 17.2 Å². The molecule has 11 heteroatoms. The van der Waals surface area contributed by atoms with E-state index in [9.17, 15) is 21.6 Å². The van der Waals surface area contributed by atoms with Gasteiger partial charge in [0.25, 0.3) is 0 Å². The maximum Gasteiger partial charge on any atom is 0.352 e. The van der Waals surface area contributed by atoms with E-state index in [0.717, 1.165) is 12.5 Å². The Bertz CT molecular complexity index is 1270. The average molecular weight is 425 g/mol. The van der Waals surface area contributed by atoms with E-state index in [2.05, 4.69) is 4.98 Å². The van der Waals surface area contributed by atoms with Gasteiger partial charge in [-0.2, -0.15) is 8.42 Å². The van der Waals surface area contributed by atoms with Crippen LogP contribution in [0, 0.1) is 0 Å². The third kappa shape index (κ3) is 4.43. The minimum atomic E-state index is -3.88. The van der Waals surface area contributed by atoms with Crippen LogP contribution in [0.2, 0.25) is 0 Å². The number of aromatic amines is 1. The molecule has 0 aliphatic rings. The van der Waals surface area contributed by atoms with E-state index in [0.29, 0.717) is 11.1 Å². The molecule has 28 heavy (non-hydrogen) atoms. The Morgan fingerprint density at radius 1 is 0.964 bits per heavy atom. The SMILES string of the molecule is CS(=O)(=O)Oc1cc(Oc2ccc(S(C)(=O)=O)cc2)cc2cc(C(=O)O)[nH]c12. The summed E-state index contributed by atoms with van der Waals surface area (Å²) in [4.78, 5) is 13.9. The van der Waals surface area contributed by atoms with E-state index < -0.39 is 25.9 Å². The molecule has 0 atom stereocenters. The lowest BCUT2D eigenvalue weighted by molar-refractivity contribution is 0.0691. The molecule has 148 valence electrons. The van der Waals surface area contributed by atoms with Gasteiger partial charge in [-0.1, -0.05) is 0 Å². The molecular formula is C17H15NO8S2. The van der Waals surface area contributed by atoms with Crippen LogP contribution in [-0.4, -0.2) is 45.4 Å². The average Bonchev–Trinajstić information content (AvgIpc) is 2.98. The number of aromatic nitrogens is 1. The van der Waals surface area contributed by atoms with Crippen LogP contribution in [0.3, 0.4) is 0 Å². The molecule has 2 aromatic carbocycles. The molecule has 0 saturated carbocycles. The van der Waals surface area contributed by atoms with Gasteiger partial charge < -0.3 is 19.0 Å². The molecule has 0 radical (unpaired) electrons. The minimum absolute atomic E-state index is 0.119. The number of nitrogens with one attached hydrogen (secondary N) is 1. The molecule has 0 spiro atoms. The Kier molecular flexibility index (Phi) is 4.81. The molecule has 3 aromatic rings. The van der Waals surface area contributed by atoms with Gasteiger partial charge in [-0.05, 0) is 36.4 Å². The van der Waals surface area contributed by atoms with Gasteiger partial charge in [0, 0.05) is 17.7 Å². The number of hydrogen-bond donors (Lipinski definition) is 2. The van der Waals surface area contributed by atoms with Crippen molar-refractivity contribution in [3.8, 4) is 17.2 Å². The van der Waals surface area contributed by atoms with Crippen molar-refractivity contribution in [2.75, 3.05) is 12.5 Å². The molecule has 1 aromatic heterocycles. The first-order valence-electron chi connectivity index (χ1n) is 7.70. The number of carboxylic acids is 1. The van der Waals surface area contributed by atoms with Gasteiger partial charge in [0.15, 0.2) is 15.6 Å². The van der Waals surface area contributed by atoms with Crippen molar-refractivity contribution in [2.45, 2.75) is 4.90 Å². The summed E-state index contributed by atoms with van der Waals surface area (Å²) in [6.07, 6.45) is 1.94. The van der Waals surface area contributed by atoms with E-state index >= 15 is 0 Å². The van der Waals surface area contributed by atoms with E-state index in [1.165, 1.54) is 42.5 Å². The Hall–Kier alpha value is -3.05. The predicted molar refractivity (Wildman–Crippen MR) is 100 cm³/mol. The summed E-state index contributed by atoms with van der Waals surface area (Å²) in [5, 5.41) is 9.50. The first kappa shape index (κ1) is 19.7. The molecule has 0 aliphatic heterocycles. The smallest absolute Gasteiger partial charge is 0.352 e. The molecule has 3 rings (SSSR count). The summed E-state index contributed by atoms with van der Waals surface area (Å²) < 4.78 is 56.7. The molecule has 0 aliphatic carbocycles. The Morgan fingerprint density at radius 2 is 1.61 bits per heavy atom. The fourth-order valence-corrected chi connectivity index (χ4v) is 3.57. The zero-order valence-corrected chi connectivity index (χ0v) is 16.3. The van der Waals surface area contributed by atoms with Crippen LogP contribution in [0.15, 0.2) is 47.4 Å². The lowest BCUT2D eigenvalue weighted by atomic mass is 10.2. The largest absolute Gasteiger partial charge is 0.477 e. The number of carbonyl (C=O) groups is 1. The number of sulfone groups is 1. The van der Waals surface area contributed by atoms with Crippen LogP contribution >= 0.6 is 0 Å². The van der Waals surface area contributed by atoms with Crippen LogP contribution in [0.25, 0.3) is 10.9 Å². The number of ether oxygens (including phenoxy) is 1. The number of fused-ring (bicyclic) bond motifs is 1. The highest BCUT2D eigenvalue weighted by Crippen LogP contribution is 2.34. The molecule has 0 unspecified atom stereocenters. The maximum absolute atomic E-state index is 11.5. The van der Waals surface area contributed by atoms with Crippen LogP contribution in [0.5, 0.6) is 17.2 Å². The number of H-pyrrole nitrogens is 1. The second-order valence-electron chi connectivity index (χ2n) is 6.01. The fourth-order valence-electron chi connectivity index (χ4n) is 2.48. The zero-order chi connectivity index (χ0) is 20.7. The Morgan fingerprint density at radius 3 is 2.14 bits per heavy atom. The molecule has 2 N–H and O–H groups in total. The van der Waals surface area contributed by atoms with Gasteiger partial charge in [-0.15, -0.1) is 0 Å². The van der Waals surface area contributed by atoms with Gasteiger partial charge in [0.2, 0.25) is 0 Å². The Balaban J connectivity index is 2.04. The summed E-state index contributed by atoms with van der Waals surface area (Å²) >= 11 is 0. The predicted octanol–water partition coefficient (Wildman–Crippen LogP) is 2.40. The highest BCUT2D eigenvalue weighted by Gasteiger charge is 2.17. The summed E-state index contributed by atoms with van der Waals surface area (Å²) in [5.41, 5.74) is 0.0330. The zero-order valence-electron chi connectivity index (χ0n) is 14.7. The van der Waals surface area contributed by atoms with Gasteiger partial charge in [0.05, 0.1) is 16.7 Å². The van der Waals surface area contributed by atoms with Crippen LogP contribution < -0.4 is 8.92 Å². The van der Waals surface area contributed by atoms with Crippen molar-refractivity contribution < 1.29 is 35.7 Å². The normalized spacial score (nSPS) is 12.1. The first-order chi connectivity index (χ1) is 12.9. The summed E-state index contributed by atoms with van der Waals surface area (Å²) in [6, 6.07) is 9.72. The van der Waals surface area contributed by atoms with E-state index in [4.69, 9.17) is 14.0 Å². The molecule has 0 amide bonds. The molecule has 0 saturated heterocycles. The third-order valence-electron chi connectivity index (χ3n) is 3.62. The standard InChI is InChI=1S/C17H15NO8S2/c1-27(21,22)13-5-3-11(4-6-13)25-12-7-10-8-14(17(19)20)18-16(10)15(9-12)26-28(2,23)24/h3-9,18H,1-2H3,(H,19,20). The fraction of sp³-hybridized carbons (Fsp3) is 0.118.